The van der Waals surface area contributed by atoms with Crippen LogP contribution in [-0.2, 0) is 0 Å². The van der Waals surface area contributed by atoms with Crippen molar-refractivity contribution in [1.29, 1.82) is 0 Å². The highest BCUT2D eigenvalue weighted by Crippen LogP contribution is 2.46. The van der Waals surface area contributed by atoms with E-state index in [1.54, 1.807) is 0 Å². The zero-order valence-corrected chi connectivity index (χ0v) is 14.7. The number of likely N-dealkylation sites (N-methyl/N-ethyl adjacent to an activating group) is 1. The van der Waals surface area contributed by atoms with E-state index in [2.05, 4.69) is 51.6 Å². The Hall–Kier alpha value is -0.120. The van der Waals surface area contributed by atoms with Crippen LogP contribution in [0.15, 0.2) is 0 Å². The lowest BCUT2D eigenvalue weighted by Gasteiger charge is -2.54. The summed E-state index contributed by atoms with van der Waals surface area (Å²) in [5.74, 6) is 0.690. The third kappa shape index (κ3) is 4.19. The van der Waals surface area contributed by atoms with Gasteiger partial charge in [-0.25, -0.2) is 0 Å². The van der Waals surface area contributed by atoms with E-state index in [0.717, 1.165) is 19.6 Å². The zero-order valence-electron chi connectivity index (χ0n) is 14.7. The molecule has 0 bridgehead atoms. The summed E-state index contributed by atoms with van der Waals surface area (Å²) in [7, 11) is 4.31. The Labute approximate surface area is 126 Å². The normalized spacial score (nSPS) is 30.1. The van der Waals surface area contributed by atoms with Crippen LogP contribution in [-0.4, -0.2) is 55.6 Å². The first-order valence-corrected chi connectivity index (χ1v) is 8.37. The summed E-state index contributed by atoms with van der Waals surface area (Å²) in [5, 5.41) is 0. The Kier molecular flexibility index (Phi) is 6.49. The van der Waals surface area contributed by atoms with Gasteiger partial charge in [0.25, 0.3) is 0 Å². The molecule has 20 heavy (non-hydrogen) atoms. The second kappa shape index (κ2) is 7.24. The van der Waals surface area contributed by atoms with E-state index in [1.165, 1.54) is 32.2 Å². The van der Waals surface area contributed by atoms with Gasteiger partial charge in [0.1, 0.15) is 0 Å². The lowest BCUT2D eigenvalue weighted by atomic mass is 9.63. The van der Waals surface area contributed by atoms with Gasteiger partial charge >= 0.3 is 0 Å². The standard InChI is InChI=1S/C17H37N3/c1-7-20(12-8-11-19(5)6)17(14-18)10-9-16(3,4)13-15(17)2/h15H,7-14,18H2,1-6H3. The van der Waals surface area contributed by atoms with Crippen LogP contribution in [0, 0.1) is 11.3 Å². The Bertz CT molecular complexity index is 288. The van der Waals surface area contributed by atoms with Gasteiger partial charge in [0.15, 0.2) is 0 Å². The first-order chi connectivity index (χ1) is 9.27. The Morgan fingerprint density at radius 2 is 1.80 bits per heavy atom. The largest absolute Gasteiger partial charge is 0.329 e. The lowest BCUT2D eigenvalue weighted by Crippen LogP contribution is -2.61. The Balaban J connectivity index is 2.74. The molecule has 0 radical (unpaired) electrons. The smallest absolute Gasteiger partial charge is 0.0357 e. The molecule has 1 fully saturated rings. The molecule has 0 aromatic rings. The summed E-state index contributed by atoms with van der Waals surface area (Å²) >= 11 is 0. The van der Waals surface area contributed by atoms with Gasteiger partial charge in [0.2, 0.25) is 0 Å². The third-order valence-corrected chi connectivity index (χ3v) is 5.41. The molecule has 2 N–H and O–H groups in total. The highest BCUT2D eigenvalue weighted by atomic mass is 15.2. The molecule has 0 aliphatic heterocycles. The van der Waals surface area contributed by atoms with Gasteiger partial charge in [-0.05, 0) is 70.7 Å². The molecule has 3 nitrogen and oxygen atoms in total. The van der Waals surface area contributed by atoms with E-state index in [1.807, 2.05) is 0 Å². The van der Waals surface area contributed by atoms with Crippen LogP contribution < -0.4 is 5.73 Å². The van der Waals surface area contributed by atoms with Crippen molar-refractivity contribution >= 4 is 0 Å². The molecule has 120 valence electrons. The van der Waals surface area contributed by atoms with Gasteiger partial charge in [-0.2, -0.15) is 0 Å². The average molecular weight is 284 g/mol. The molecule has 1 saturated carbocycles. The summed E-state index contributed by atoms with van der Waals surface area (Å²) in [5.41, 5.74) is 6.99. The van der Waals surface area contributed by atoms with Crippen LogP contribution in [0.5, 0.6) is 0 Å². The third-order valence-electron chi connectivity index (χ3n) is 5.41. The first kappa shape index (κ1) is 17.9. The summed E-state index contributed by atoms with van der Waals surface area (Å²) in [6, 6.07) is 0. The van der Waals surface area contributed by atoms with Crippen LogP contribution in [0.4, 0.5) is 0 Å². The molecule has 0 heterocycles. The minimum atomic E-state index is 0.233. The van der Waals surface area contributed by atoms with Crippen molar-refractivity contribution in [3.63, 3.8) is 0 Å². The Morgan fingerprint density at radius 3 is 2.25 bits per heavy atom. The van der Waals surface area contributed by atoms with Crippen LogP contribution in [0.1, 0.15) is 53.4 Å². The molecule has 0 spiro atoms. The maximum atomic E-state index is 6.27. The molecular formula is C17H37N3. The van der Waals surface area contributed by atoms with Gasteiger partial charge in [0, 0.05) is 12.1 Å². The van der Waals surface area contributed by atoms with Crippen LogP contribution >= 0.6 is 0 Å². The fraction of sp³-hybridized carbons (Fsp3) is 1.00. The van der Waals surface area contributed by atoms with Crippen LogP contribution in [0.2, 0.25) is 0 Å². The predicted octanol–water partition coefficient (Wildman–Crippen LogP) is 2.80. The van der Waals surface area contributed by atoms with E-state index in [-0.39, 0.29) is 5.54 Å². The zero-order chi connectivity index (χ0) is 15.4. The van der Waals surface area contributed by atoms with E-state index >= 15 is 0 Å². The summed E-state index contributed by atoms with van der Waals surface area (Å²) in [6.07, 6.45) is 5.10. The number of hydrogen-bond acceptors (Lipinski definition) is 3. The van der Waals surface area contributed by atoms with Crippen molar-refractivity contribution in [1.82, 2.24) is 9.80 Å². The van der Waals surface area contributed by atoms with E-state index in [4.69, 9.17) is 5.73 Å². The van der Waals surface area contributed by atoms with Crippen molar-refractivity contribution in [3.8, 4) is 0 Å². The number of hydrogen-bond donors (Lipinski definition) is 1. The minimum Gasteiger partial charge on any atom is -0.329 e. The number of nitrogens with two attached hydrogens (primary N) is 1. The van der Waals surface area contributed by atoms with Crippen molar-refractivity contribution in [2.45, 2.75) is 58.9 Å². The SMILES string of the molecule is CCN(CCCN(C)C)C1(CN)CCC(C)(C)CC1C. The molecule has 3 heteroatoms. The second-order valence-electron chi connectivity index (χ2n) is 7.81. The van der Waals surface area contributed by atoms with Crippen molar-refractivity contribution in [3.05, 3.63) is 0 Å². The van der Waals surface area contributed by atoms with Gasteiger partial charge in [-0.3, -0.25) is 4.90 Å². The Morgan fingerprint density at radius 1 is 1.15 bits per heavy atom. The van der Waals surface area contributed by atoms with Crippen molar-refractivity contribution < 1.29 is 0 Å². The highest BCUT2D eigenvalue weighted by Gasteiger charge is 2.45. The first-order valence-electron chi connectivity index (χ1n) is 8.37. The van der Waals surface area contributed by atoms with Crippen molar-refractivity contribution in [2.75, 3.05) is 40.3 Å². The second-order valence-corrected chi connectivity index (χ2v) is 7.81. The van der Waals surface area contributed by atoms with Gasteiger partial charge < -0.3 is 10.6 Å². The maximum Gasteiger partial charge on any atom is 0.0357 e. The molecule has 1 aliphatic carbocycles. The minimum absolute atomic E-state index is 0.233. The quantitative estimate of drug-likeness (QED) is 0.780. The molecule has 1 rings (SSSR count). The summed E-state index contributed by atoms with van der Waals surface area (Å²) in [4.78, 5) is 4.95. The maximum absolute atomic E-state index is 6.27. The van der Waals surface area contributed by atoms with Crippen LogP contribution in [0.25, 0.3) is 0 Å². The highest BCUT2D eigenvalue weighted by molar-refractivity contribution is 5.01. The summed E-state index contributed by atoms with van der Waals surface area (Å²) < 4.78 is 0. The number of nitrogens with zero attached hydrogens (tertiary/aromatic N) is 2. The molecule has 0 aromatic heterocycles. The van der Waals surface area contributed by atoms with Gasteiger partial charge in [-0.1, -0.05) is 27.7 Å². The summed E-state index contributed by atoms with van der Waals surface area (Å²) in [6.45, 7) is 13.8. The van der Waals surface area contributed by atoms with E-state index < -0.39 is 0 Å². The van der Waals surface area contributed by atoms with E-state index in [0.29, 0.717) is 11.3 Å². The monoisotopic (exact) mass is 283 g/mol. The lowest BCUT2D eigenvalue weighted by molar-refractivity contribution is -0.0208. The number of rotatable bonds is 7. The average Bonchev–Trinajstić information content (AvgIpc) is 2.35. The topological polar surface area (TPSA) is 32.5 Å². The molecule has 1 aliphatic rings. The fourth-order valence-corrected chi connectivity index (χ4v) is 4.10. The van der Waals surface area contributed by atoms with Crippen LogP contribution in [0.3, 0.4) is 0 Å². The molecule has 0 amide bonds. The molecule has 2 unspecified atom stereocenters. The van der Waals surface area contributed by atoms with Gasteiger partial charge in [0.05, 0.1) is 0 Å². The molecule has 2 atom stereocenters. The van der Waals surface area contributed by atoms with E-state index in [9.17, 15) is 0 Å². The fourth-order valence-electron chi connectivity index (χ4n) is 4.10. The molecular weight excluding hydrogens is 246 g/mol. The predicted molar refractivity (Wildman–Crippen MR) is 89.0 cm³/mol. The van der Waals surface area contributed by atoms with Gasteiger partial charge in [-0.15, -0.1) is 0 Å². The van der Waals surface area contributed by atoms with Crippen molar-refractivity contribution in [2.24, 2.45) is 17.1 Å². The molecule has 0 aromatic carbocycles. The molecule has 0 saturated heterocycles.